The lowest BCUT2D eigenvalue weighted by Gasteiger charge is -2.20. The first-order valence-electron chi connectivity index (χ1n) is 6.42. The third-order valence-electron chi connectivity index (χ3n) is 3.12. The number of nitrogens with zero attached hydrogens (tertiary/aromatic N) is 4. The van der Waals surface area contributed by atoms with Gasteiger partial charge in [0.1, 0.15) is 0 Å². The Kier molecular flexibility index (Phi) is 4.51. The van der Waals surface area contributed by atoms with Crippen LogP contribution in [0.25, 0.3) is 0 Å². The van der Waals surface area contributed by atoms with Crippen LogP contribution in [0, 0.1) is 11.3 Å². The molecule has 104 valence electrons. The fourth-order valence-corrected chi connectivity index (χ4v) is 2.11. The molecular weight excluding hydrogens is 252 g/mol. The van der Waals surface area contributed by atoms with E-state index in [2.05, 4.69) is 11.2 Å². The molecule has 1 N–H and O–H groups in total. The van der Waals surface area contributed by atoms with Crippen LogP contribution in [-0.2, 0) is 13.6 Å². The number of hydrogen-bond donors (Lipinski definition) is 1. The van der Waals surface area contributed by atoms with Crippen LogP contribution < -0.4 is 0 Å². The molecule has 0 bridgehead atoms. The summed E-state index contributed by atoms with van der Waals surface area (Å²) in [5.74, 6) is 0. The third kappa shape index (κ3) is 3.67. The summed E-state index contributed by atoms with van der Waals surface area (Å²) in [5, 5.41) is 23.1. The second kappa shape index (κ2) is 6.33. The zero-order valence-electron chi connectivity index (χ0n) is 11.7. The standard InChI is InChI=1S/C15H18N4O/c1-18(9-13-8-17-19(2)10-13)11-15(20)14-5-3-12(7-16)4-6-14/h3-6,8,10,15,20H,9,11H2,1-2H3. The number of benzene rings is 1. The lowest BCUT2D eigenvalue weighted by molar-refractivity contribution is 0.124. The summed E-state index contributed by atoms with van der Waals surface area (Å²) in [5.41, 5.74) is 2.54. The first kappa shape index (κ1) is 14.3. The average molecular weight is 270 g/mol. The molecule has 0 aliphatic rings. The molecular formula is C15H18N4O. The van der Waals surface area contributed by atoms with Crippen molar-refractivity contribution in [3.8, 4) is 6.07 Å². The van der Waals surface area contributed by atoms with E-state index >= 15 is 0 Å². The lowest BCUT2D eigenvalue weighted by atomic mass is 10.1. The molecule has 1 atom stereocenters. The highest BCUT2D eigenvalue weighted by molar-refractivity contribution is 5.32. The third-order valence-corrected chi connectivity index (χ3v) is 3.12. The van der Waals surface area contributed by atoms with E-state index in [1.54, 1.807) is 28.9 Å². The van der Waals surface area contributed by atoms with Gasteiger partial charge in [0.05, 0.1) is 23.9 Å². The number of rotatable bonds is 5. The van der Waals surface area contributed by atoms with Crippen molar-refractivity contribution >= 4 is 0 Å². The molecule has 5 nitrogen and oxygen atoms in total. The minimum absolute atomic E-state index is 0.529. The topological polar surface area (TPSA) is 65.1 Å². The van der Waals surface area contributed by atoms with Crippen molar-refractivity contribution in [2.45, 2.75) is 12.6 Å². The minimum atomic E-state index is -0.565. The van der Waals surface area contributed by atoms with E-state index in [1.807, 2.05) is 31.4 Å². The predicted molar refractivity (Wildman–Crippen MR) is 75.7 cm³/mol. The highest BCUT2D eigenvalue weighted by Crippen LogP contribution is 2.15. The minimum Gasteiger partial charge on any atom is -0.387 e. The average Bonchev–Trinajstić information content (AvgIpc) is 2.84. The van der Waals surface area contributed by atoms with E-state index in [4.69, 9.17) is 5.26 Å². The van der Waals surface area contributed by atoms with Crippen molar-refractivity contribution in [3.63, 3.8) is 0 Å². The maximum absolute atomic E-state index is 10.2. The summed E-state index contributed by atoms with van der Waals surface area (Å²) in [6.45, 7) is 1.27. The van der Waals surface area contributed by atoms with E-state index in [0.29, 0.717) is 12.1 Å². The Morgan fingerprint density at radius 3 is 2.65 bits per heavy atom. The summed E-state index contributed by atoms with van der Waals surface area (Å²) in [4.78, 5) is 2.04. The Hall–Kier alpha value is -2.16. The fourth-order valence-electron chi connectivity index (χ4n) is 2.11. The molecule has 0 saturated carbocycles. The largest absolute Gasteiger partial charge is 0.387 e. The van der Waals surface area contributed by atoms with Crippen LogP contribution in [0.3, 0.4) is 0 Å². The van der Waals surface area contributed by atoms with Gasteiger partial charge in [0.25, 0.3) is 0 Å². The van der Waals surface area contributed by atoms with Crippen LogP contribution in [0.4, 0.5) is 0 Å². The Labute approximate surface area is 118 Å². The SMILES string of the molecule is CN(Cc1cnn(C)c1)CC(O)c1ccc(C#N)cc1. The number of likely N-dealkylation sites (N-methyl/N-ethyl adjacent to an activating group) is 1. The van der Waals surface area contributed by atoms with E-state index in [9.17, 15) is 5.11 Å². The van der Waals surface area contributed by atoms with E-state index < -0.39 is 6.10 Å². The molecule has 0 saturated heterocycles. The van der Waals surface area contributed by atoms with Crippen molar-refractivity contribution in [1.82, 2.24) is 14.7 Å². The van der Waals surface area contributed by atoms with E-state index in [1.165, 1.54) is 0 Å². The summed E-state index contributed by atoms with van der Waals surface area (Å²) >= 11 is 0. The van der Waals surface area contributed by atoms with Gasteiger partial charge in [-0.3, -0.25) is 9.58 Å². The van der Waals surface area contributed by atoms with Gasteiger partial charge in [-0.05, 0) is 24.7 Å². The van der Waals surface area contributed by atoms with Crippen molar-refractivity contribution in [2.75, 3.05) is 13.6 Å². The molecule has 1 unspecified atom stereocenters. The smallest absolute Gasteiger partial charge is 0.0991 e. The molecule has 2 aromatic rings. The van der Waals surface area contributed by atoms with Crippen molar-refractivity contribution < 1.29 is 5.11 Å². The highest BCUT2D eigenvalue weighted by atomic mass is 16.3. The zero-order valence-corrected chi connectivity index (χ0v) is 11.7. The second-order valence-electron chi connectivity index (χ2n) is 4.97. The molecule has 20 heavy (non-hydrogen) atoms. The molecule has 5 heteroatoms. The molecule has 0 fully saturated rings. The first-order chi connectivity index (χ1) is 9.58. The van der Waals surface area contributed by atoms with Gasteiger partial charge in [0.2, 0.25) is 0 Å². The lowest BCUT2D eigenvalue weighted by Crippen LogP contribution is -2.24. The number of nitriles is 1. The number of aliphatic hydroxyl groups excluding tert-OH is 1. The van der Waals surface area contributed by atoms with E-state index in [-0.39, 0.29) is 0 Å². The molecule has 1 aromatic carbocycles. The Morgan fingerprint density at radius 2 is 2.10 bits per heavy atom. The molecule has 0 spiro atoms. The van der Waals surface area contributed by atoms with Gasteiger partial charge in [0.15, 0.2) is 0 Å². The molecule has 0 aliphatic heterocycles. The maximum Gasteiger partial charge on any atom is 0.0991 e. The van der Waals surface area contributed by atoms with Crippen molar-refractivity contribution in [3.05, 3.63) is 53.3 Å². The highest BCUT2D eigenvalue weighted by Gasteiger charge is 2.11. The summed E-state index contributed by atoms with van der Waals surface area (Å²) in [6, 6.07) is 9.10. The van der Waals surface area contributed by atoms with Gasteiger partial charge >= 0.3 is 0 Å². The van der Waals surface area contributed by atoms with Crippen molar-refractivity contribution in [2.24, 2.45) is 7.05 Å². The van der Waals surface area contributed by atoms with Crippen LogP contribution in [0.5, 0.6) is 0 Å². The number of aromatic nitrogens is 2. The molecule has 1 heterocycles. The second-order valence-corrected chi connectivity index (χ2v) is 4.97. The maximum atomic E-state index is 10.2. The quantitative estimate of drug-likeness (QED) is 0.893. The predicted octanol–water partition coefficient (Wildman–Crippen LogP) is 1.46. The fraction of sp³-hybridized carbons (Fsp3) is 0.333. The Balaban J connectivity index is 1.92. The molecule has 1 aromatic heterocycles. The number of aryl methyl sites for hydroxylation is 1. The summed E-state index contributed by atoms with van der Waals surface area (Å²) in [7, 11) is 3.84. The van der Waals surface area contributed by atoms with Crippen LogP contribution in [0.15, 0.2) is 36.7 Å². The number of aliphatic hydroxyl groups is 1. The molecule has 0 radical (unpaired) electrons. The van der Waals surface area contributed by atoms with Crippen LogP contribution >= 0.6 is 0 Å². The molecule has 2 rings (SSSR count). The van der Waals surface area contributed by atoms with Gasteiger partial charge in [-0.15, -0.1) is 0 Å². The zero-order chi connectivity index (χ0) is 14.5. The number of hydrogen-bond acceptors (Lipinski definition) is 4. The van der Waals surface area contributed by atoms with Crippen LogP contribution in [0.2, 0.25) is 0 Å². The summed E-state index contributed by atoms with van der Waals surface area (Å²) < 4.78 is 1.76. The van der Waals surface area contributed by atoms with Gasteiger partial charge in [-0.25, -0.2) is 0 Å². The molecule has 0 amide bonds. The Morgan fingerprint density at radius 1 is 1.40 bits per heavy atom. The monoisotopic (exact) mass is 270 g/mol. The summed E-state index contributed by atoms with van der Waals surface area (Å²) in [6.07, 6.45) is 3.22. The van der Waals surface area contributed by atoms with Crippen LogP contribution in [0.1, 0.15) is 22.8 Å². The molecule has 0 aliphatic carbocycles. The van der Waals surface area contributed by atoms with Gasteiger partial charge in [-0.1, -0.05) is 12.1 Å². The van der Waals surface area contributed by atoms with Crippen molar-refractivity contribution in [1.29, 1.82) is 5.26 Å². The van der Waals surface area contributed by atoms with E-state index in [0.717, 1.165) is 17.7 Å². The normalized spacial score (nSPS) is 12.3. The Bertz CT molecular complexity index is 597. The van der Waals surface area contributed by atoms with Gasteiger partial charge in [0, 0.05) is 31.9 Å². The van der Waals surface area contributed by atoms with Crippen LogP contribution in [-0.4, -0.2) is 33.4 Å². The van der Waals surface area contributed by atoms with Gasteiger partial charge in [-0.2, -0.15) is 10.4 Å². The first-order valence-corrected chi connectivity index (χ1v) is 6.42. The van der Waals surface area contributed by atoms with Gasteiger partial charge < -0.3 is 5.11 Å².